The second-order valence-corrected chi connectivity index (χ2v) is 3.85. The lowest BCUT2D eigenvalue weighted by molar-refractivity contribution is -0.141. The minimum atomic E-state index is -0.307. The van der Waals surface area contributed by atoms with Crippen LogP contribution in [0.4, 0.5) is 0 Å². The van der Waals surface area contributed by atoms with Gasteiger partial charge in [-0.2, -0.15) is 0 Å². The van der Waals surface area contributed by atoms with Gasteiger partial charge in [-0.25, -0.2) is 0 Å². The molecule has 1 aliphatic rings. The van der Waals surface area contributed by atoms with Crippen molar-refractivity contribution < 1.29 is 14.3 Å². The van der Waals surface area contributed by atoms with Gasteiger partial charge in [-0.1, -0.05) is 12.1 Å². The first-order valence-corrected chi connectivity index (χ1v) is 5.28. The zero-order valence-electron chi connectivity index (χ0n) is 9.23. The lowest BCUT2D eigenvalue weighted by Crippen LogP contribution is -2.16. The van der Waals surface area contributed by atoms with Crippen LogP contribution in [0.1, 0.15) is 23.6 Å². The van der Waals surface area contributed by atoms with Crippen LogP contribution in [0.5, 0.6) is 5.75 Å². The molecule has 0 amide bonds. The second-order valence-electron chi connectivity index (χ2n) is 3.85. The lowest BCUT2D eigenvalue weighted by atomic mass is 10.0. The molecule has 0 aliphatic carbocycles. The molecule has 0 saturated heterocycles. The molecular weight excluding hydrogens is 206 g/mol. The van der Waals surface area contributed by atoms with Gasteiger partial charge < -0.3 is 15.2 Å². The normalized spacial score (nSPS) is 15.1. The van der Waals surface area contributed by atoms with Crippen LogP contribution in [0, 0.1) is 0 Å². The number of fused-ring (bicyclic) bond motifs is 1. The van der Waals surface area contributed by atoms with Crippen LogP contribution in [-0.4, -0.2) is 19.7 Å². The van der Waals surface area contributed by atoms with E-state index >= 15 is 0 Å². The Kier molecular flexibility index (Phi) is 3.10. The monoisotopic (exact) mass is 221 g/mol. The first kappa shape index (κ1) is 11.0. The van der Waals surface area contributed by atoms with Crippen molar-refractivity contribution in [3.63, 3.8) is 0 Å². The Hall–Kier alpha value is -1.55. The van der Waals surface area contributed by atoms with Crippen molar-refractivity contribution in [3.8, 4) is 5.75 Å². The van der Waals surface area contributed by atoms with Crippen molar-refractivity contribution in [3.05, 3.63) is 29.3 Å². The van der Waals surface area contributed by atoms with Crippen LogP contribution in [0.25, 0.3) is 0 Å². The van der Waals surface area contributed by atoms with Gasteiger partial charge in [0.1, 0.15) is 5.75 Å². The predicted molar refractivity (Wildman–Crippen MR) is 59.2 cm³/mol. The molecule has 1 aromatic rings. The summed E-state index contributed by atoms with van der Waals surface area (Å²) in [5.74, 6) is 0.637. The Bertz CT molecular complexity index is 403. The number of esters is 1. The van der Waals surface area contributed by atoms with Gasteiger partial charge in [-0.3, -0.25) is 4.79 Å². The van der Waals surface area contributed by atoms with Crippen LogP contribution < -0.4 is 10.5 Å². The molecule has 0 spiro atoms. The molecule has 4 heteroatoms. The van der Waals surface area contributed by atoms with E-state index < -0.39 is 0 Å². The summed E-state index contributed by atoms with van der Waals surface area (Å²) in [5, 5.41) is 0. The first-order valence-electron chi connectivity index (χ1n) is 5.28. The number of methoxy groups -OCH3 is 1. The number of hydrogen-bond donors (Lipinski definition) is 1. The third kappa shape index (κ3) is 2.17. The number of carbonyl (C=O) groups excluding carboxylic acids is 1. The van der Waals surface area contributed by atoms with E-state index in [1.165, 1.54) is 7.11 Å². The summed E-state index contributed by atoms with van der Waals surface area (Å²) in [4.78, 5) is 11.1. The van der Waals surface area contributed by atoms with E-state index in [0.717, 1.165) is 29.9 Å². The zero-order chi connectivity index (χ0) is 11.5. The molecule has 4 nitrogen and oxygen atoms in total. The van der Waals surface area contributed by atoms with Crippen LogP contribution in [0.15, 0.2) is 18.2 Å². The Labute approximate surface area is 94.3 Å². The maximum absolute atomic E-state index is 11.1. The highest BCUT2D eigenvalue weighted by Crippen LogP contribution is 2.28. The molecule has 1 atom stereocenters. The van der Waals surface area contributed by atoms with Gasteiger partial charge in [-0.15, -0.1) is 0 Å². The van der Waals surface area contributed by atoms with E-state index in [0.29, 0.717) is 0 Å². The highest BCUT2D eigenvalue weighted by atomic mass is 16.5. The molecule has 1 heterocycles. The van der Waals surface area contributed by atoms with Crippen LogP contribution >= 0.6 is 0 Å². The molecule has 0 aromatic heterocycles. The molecule has 16 heavy (non-hydrogen) atoms. The highest BCUT2D eigenvalue weighted by molar-refractivity contribution is 5.70. The minimum Gasteiger partial charge on any atom is -0.493 e. The Morgan fingerprint density at radius 3 is 3.19 bits per heavy atom. The summed E-state index contributed by atoms with van der Waals surface area (Å²) in [7, 11) is 1.37. The maximum atomic E-state index is 11.1. The van der Waals surface area contributed by atoms with E-state index in [1.807, 2.05) is 18.2 Å². The summed E-state index contributed by atoms with van der Waals surface area (Å²) >= 11 is 0. The summed E-state index contributed by atoms with van der Waals surface area (Å²) in [6, 6.07) is 5.51. The number of nitrogens with two attached hydrogens (primary N) is 1. The molecule has 0 saturated carbocycles. The van der Waals surface area contributed by atoms with Gasteiger partial charge in [-0.05, 0) is 17.2 Å². The molecule has 0 radical (unpaired) electrons. The largest absolute Gasteiger partial charge is 0.493 e. The molecule has 2 N–H and O–H groups in total. The maximum Gasteiger partial charge on any atom is 0.307 e. The fourth-order valence-corrected chi connectivity index (χ4v) is 1.82. The summed E-state index contributed by atoms with van der Waals surface area (Å²) in [5.41, 5.74) is 8.04. The Morgan fingerprint density at radius 2 is 2.44 bits per heavy atom. The molecule has 86 valence electrons. The van der Waals surface area contributed by atoms with Gasteiger partial charge in [0.15, 0.2) is 0 Å². The third-order valence-corrected chi connectivity index (χ3v) is 2.76. The standard InChI is InChI=1S/C12H15NO3/c1-15-12(14)7-10(13)8-2-3-11-9(6-8)4-5-16-11/h2-3,6,10H,4-5,7,13H2,1H3/t10-/m0/s1. The third-order valence-electron chi connectivity index (χ3n) is 2.76. The molecule has 2 rings (SSSR count). The topological polar surface area (TPSA) is 61.5 Å². The van der Waals surface area contributed by atoms with Crippen molar-refractivity contribution in [2.75, 3.05) is 13.7 Å². The Balaban J connectivity index is 2.12. The summed E-state index contributed by atoms with van der Waals surface area (Å²) < 4.78 is 9.99. The molecule has 0 fully saturated rings. The Morgan fingerprint density at radius 1 is 1.62 bits per heavy atom. The quantitative estimate of drug-likeness (QED) is 0.779. The van der Waals surface area contributed by atoms with Gasteiger partial charge in [0.2, 0.25) is 0 Å². The van der Waals surface area contributed by atoms with Gasteiger partial charge in [0, 0.05) is 12.5 Å². The lowest BCUT2D eigenvalue weighted by Gasteiger charge is -2.11. The van der Waals surface area contributed by atoms with E-state index in [1.54, 1.807) is 0 Å². The highest BCUT2D eigenvalue weighted by Gasteiger charge is 2.16. The number of hydrogen-bond acceptors (Lipinski definition) is 4. The minimum absolute atomic E-state index is 0.205. The van der Waals surface area contributed by atoms with E-state index in [9.17, 15) is 4.79 Å². The SMILES string of the molecule is COC(=O)C[C@H](N)c1ccc2c(c1)CCO2. The fraction of sp³-hybridized carbons (Fsp3) is 0.417. The molecule has 1 aromatic carbocycles. The number of carbonyl (C=O) groups is 1. The summed E-state index contributed by atoms with van der Waals surface area (Å²) in [6.07, 6.45) is 1.12. The van der Waals surface area contributed by atoms with Crippen LogP contribution in [0.2, 0.25) is 0 Å². The fourth-order valence-electron chi connectivity index (χ4n) is 1.82. The van der Waals surface area contributed by atoms with E-state index in [2.05, 4.69) is 4.74 Å². The zero-order valence-corrected chi connectivity index (χ0v) is 9.23. The molecular formula is C12H15NO3. The first-order chi connectivity index (χ1) is 7.70. The van der Waals surface area contributed by atoms with Crippen molar-refractivity contribution >= 4 is 5.97 Å². The van der Waals surface area contributed by atoms with Gasteiger partial charge in [0.05, 0.1) is 20.1 Å². The number of ether oxygens (including phenoxy) is 2. The van der Waals surface area contributed by atoms with Crippen molar-refractivity contribution in [1.82, 2.24) is 0 Å². The molecule has 1 aliphatic heterocycles. The molecule has 0 unspecified atom stereocenters. The van der Waals surface area contributed by atoms with Crippen molar-refractivity contribution in [2.45, 2.75) is 18.9 Å². The van der Waals surface area contributed by atoms with Crippen LogP contribution in [0.3, 0.4) is 0 Å². The van der Waals surface area contributed by atoms with Crippen molar-refractivity contribution in [1.29, 1.82) is 0 Å². The van der Waals surface area contributed by atoms with E-state index in [-0.39, 0.29) is 18.4 Å². The predicted octanol–water partition coefficient (Wildman–Crippen LogP) is 1.18. The average Bonchev–Trinajstić information content (AvgIpc) is 2.75. The van der Waals surface area contributed by atoms with Gasteiger partial charge in [0.25, 0.3) is 0 Å². The number of rotatable bonds is 3. The average molecular weight is 221 g/mol. The van der Waals surface area contributed by atoms with Crippen LogP contribution in [-0.2, 0) is 16.0 Å². The summed E-state index contributed by atoms with van der Waals surface area (Å²) in [6.45, 7) is 0.727. The second kappa shape index (κ2) is 4.53. The smallest absolute Gasteiger partial charge is 0.307 e. The number of benzene rings is 1. The van der Waals surface area contributed by atoms with Crippen molar-refractivity contribution in [2.24, 2.45) is 5.73 Å². The van der Waals surface area contributed by atoms with Gasteiger partial charge >= 0.3 is 5.97 Å². The molecule has 0 bridgehead atoms. The van der Waals surface area contributed by atoms with E-state index in [4.69, 9.17) is 10.5 Å².